The zero-order valence-corrected chi connectivity index (χ0v) is 22.0. The van der Waals surface area contributed by atoms with Crippen LogP contribution in [-0.4, -0.2) is 51.4 Å². The fourth-order valence-electron chi connectivity index (χ4n) is 3.86. The molecule has 2 aromatic carbocycles. The number of fused-ring (bicyclic) bond motifs is 1. The van der Waals surface area contributed by atoms with Crippen LogP contribution >= 0.6 is 0 Å². The Hall–Kier alpha value is -4.06. The number of carbonyl (C=O) groups is 2. The van der Waals surface area contributed by atoms with Crippen LogP contribution < -0.4 is 19.7 Å². The van der Waals surface area contributed by atoms with Crippen molar-refractivity contribution in [3.63, 3.8) is 0 Å². The summed E-state index contributed by atoms with van der Waals surface area (Å²) in [6.07, 6.45) is -6.71. The van der Waals surface area contributed by atoms with E-state index in [1.54, 1.807) is 0 Å². The summed E-state index contributed by atoms with van der Waals surface area (Å²) in [7, 11) is -4.34. The highest BCUT2D eigenvalue weighted by molar-refractivity contribution is 7.92. The maximum atomic E-state index is 13.6. The Kier molecular flexibility index (Phi) is 7.59. The maximum Gasteiger partial charge on any atom is 0.427 e. The summed E-state index contributed by atoms with van der Waals surface area (Å²) >= 11 is 0. The number of nitrogens with one attached hydrogen (secondary N) is 2. The van der Waals surface area contributed by atoms with Crippen LogP contribution in [0.15, 0.2) is 47.4 Å². The maximum absolute atomic E-state index is 13.6. The largest absolute Gasteiger partial charge is 0.484 e. The molecule has 1 fully saturated rings. The number of rotatable bonds is 7. The lowest BCUT2D eigenvalue weighted by Gasteiger charge is -2.36. The van der Waals surface area contributed by atoms with Crippen molar-refractivity contribution in [1.29, 1.82) is 5.26 Å². The third-order valence-corrected chi connectivity index (χ3v) is 8.16. The first-order valence-electron chi connectivity index (χ1n) is 12.0. The van der Waals surface area contributed by atoms with E-state index in [1.807, 2.05) is 6.07 Å². The number of ether oxygens (including phenoxy) is 2. The van der Waals surface area contributed by atoms with Crippen LogP contribution in [0.4, 0.5) is 33.7 Å². The molecule has 10 nitrogen and oxygen atoms in total. The average Bonchev–Trinajstić information content (AvgIpc) is 3.66. The zero-order chi connectivity index (χ0) is 29.5. The molecule has 2 amide bonds. The zero-order valence-electron chi connectivity index (χ0n) is 21.2. The highest BCUT2D eigenvalue weighted by atomic mass is 32.2. The predicted octanol–water partition coefficient (Wildman–Crippen LogP) is 3.95. The standard InChI is InChI=1S/C25H24F4N4O6S/c1-24(2,25(27,28)29)39-23(35)32-16-5-8-21-20(10-16)33(40(36,37)18-6-3-15(26)4-7-18)13-17(38-21)12-31-22(34)19-9-14(19)11-30/h3-8,10,14,17,19H,9,12-13H2,1-2H3,(H,31,34)(H,32,35)/t14?,17-,19+/m0/s1. The van der Waals surface area contributed by atoms with E-state index in [9.17, 15) is 35.6 Å². The number of hydrogen-bond donors (Lipinski definition) is 2. The summed E-state index contributed by atoms with van der Waals surface area (Å²) in [6, 6.07) is 9.80. The van der Waals surface area contributed by atoms with Gasteiger partial charge in [0.1, 0.15) is 17.7 Å². The number of hydrogen-bond acceptors (Lipinski definition) is 7. The van der Waals surface area contributed by atoms with Gasteiger partial charge < -0.3 is 14.8 Å². The fourth-order valence-corrected chi connectivity index (χ4v) is 5.36. The minimum atomic E-state index is -4.84. The molecule has 2 N–H and O–H groups in total. The molecule has 0 bridgehead atoms. The Bertz CT molecular complexity index is 1460. The van der Waals surface area contributed by atoms with Crippen LogP contribution in [-0.2, 0) is 19.6 Å². The van der Waals surface area contributed by atoms with Crippen molar-refractivity contribution in [2.24, 2.45) is 11.8 Å². The second-order valence-electron chi connectivity index (χ2n) is 9.76. The van der Waals surface area contributed by atoms with Crippen LogP contribution in [0.5, 0.6) is 5.75 Å². The van der Waals surface area contributed by atoms with Crippen LogP contribution in [0.25, 0.3) is 0 Å². The van der Waals surface area contributed by atoms with Crippen molar-refractivity contribution in [3.8, 4) is 11.8 Å². The van der Waals surface area contributed by atoms with Gasteiger partial charge in [-0.15, -0.1) is 0 Å². The SMILES string of the molecule is CC(C)(OC(=O)Nc1ccc2c(c1)N(S(=O)(=O)c1ccc(F)cc1)C[C@H](CNC(=O)[C@@H]1CC1C#N)O2)C(F)(F)F. The second kappa shape index (κ2) is 10.5. The summed E-state index contributed by atoms with van der Waals surface area (Å²) < 4.78 is 91.2. The number of halogens is 4. The Morgan fingerprint density at radius 2 is 1.85 bits per heavy atom. The van der Waals surface area contributed by atoms with Gasteiger partial charge in [0.15, 0.2) is 0 Å². The molecule has 3 atom stereocenters. The Morgan fingerprint density at radius 1 is 1.18 bits per heavy atom. The first kappa shape index (κ1) is 28.9. The van der Waals surface area contributed by atoms with E-state index in [2.05, 4.69) is 15.4 Å². The van der Waals surface area contributed by atoms with E-state index >= 15 is 0 Å². The number of carbonyl (C=O) groups excluding carboxylic acids is 2. The second-order valence-corrected chi connectivity index (χ2v) is 11.6. The lowest BCUT2D eigenvalue weighted by Crippen LogP contribution is -2.48. The molecule has 0 radical (unpaired) electrons. The number of nitriles is 1. The van der Waals surface area contributed by atoms with Gasteiger partial charge in [0.25, 0.3) is 10.0 Å². The van der Waals surface area contributed by atoms with Gasteiger partial charge in [-0.1, -0.05) is 0 Å². The molecule has 214 valence electrons. The quantitative estimate of drug-likeness (QED) is 0.470. The van der Waals surface area contributed by atoms with Gasteiger partial charge in [0.05, 0.1) is 41.6 Å². The van der Waals surface area contributed by atoms with E-state index in [0.29, 0.717) is 20.3 Å². The van der Waals surface area contributed by atoms with Gasteiger partial charge in [-0.05, 0) is 62.7 Å². The van der Waals surface area contributed by atoms with Crippen molar-refractivity contribution in [1.82, 2.24) is 5.32 Å². The van der Waals surface area contributed by atoms with E-state index in [4.69, 9.17) is 10.00 Å². The Labute approximate surface area is 226 Å². The molecule has 1 unspecified atom stereocenters. The summed E-state index contributed by atoms with van der Waals surface area (Å²) in [6.45, 7) is 0.940. The van der Waals surface area contributed by atoms with E-state index in [1.165, 1.54) is 18.2 Å². The lowest BCUT2D eigenvalue weighted by molar-refractivity contribution is -0.242. The molecule has 2 aliphatic rings. The van der Waals surface area contributed by atoms with Crippen LogP contribution in [0.2, 0.25) is 0 Å². The van der Waals surface area contributed by atoms with E-state index in [0.717, 1.165) is 28.6 Å². The number of benzene rings is 2. The minimum absolute atomic E-state index is 0.0343. The van der Waals surface area contributed by atoms with Gasteiger partial charge in [-0.25, -0.2) is 17.6 Å². The number of alkyl halides is 3. The highest BCUT2D eigenvalue weighted by Crippen LogP contribution is 2.40. The summed E-state index contributed by atoms with van der Waals surface area (Å²) in [5, 5.41) is 13.7. The molecule has 0 saturated heterocycles. The molecule has 4 rings (SSSR count). The molecule has 40 heavy (non-hydrogen) atoms. The molecule has 1 aliphatic carbocycles. The summed E-state index contributed by atoms with van der Waals surface area (Å²) in [5.74, 6) is -1.82. The number of amides is 2. The van der Waals surface area contributed by atoms with Crippen molar-refractivity contribution in [2.45, 2.75) is 43.0 Å². The molecule has 1 heterocycles. The number of anilines is 2. The third kappa shape index (κ3) is 6.06. The lowest BCUT2D eigenvalue weighted by atomic mass is 10.1. The van der Waals surface area contributed by atoms with Gasteiger partial charge in [0.2, 0.25) is 11.5 Å². The van der Waals surface area contributed by atoms with Gasteiger partial charge >= 0.3 is 12.3 Å². The van der Waals surface area contributed by atoms with Gasteiger partial charge in [-0.2, -0.15) is 18.4 Å². The first-order chi connectivity index (χ1) is 18.6. The predicted molar refractivity (Wildman–Crippen MR) is 132 cm³/mol. The summed E-state index contributed by atoms with van der Waals surface area (Å²) in [4.78, 5) is 24.2. The highest BCUT2D eigenvalue weighted by Gasteiger charge is 2.51. The molecule has 0 aromatic heterocycles. The smallest absolute Gasteiger partial charge is 0.427 e. The van der Waals surface area contributed by atoms with E-state index in [-0.39, 0.29) is 46.9 Å². The molecule has 1 saturated carbocycles. The molecular formula is C25H24F4N4O6S. The van der Waals surface area contributed by atoms with Crippen LogP contribution in [0.1, 0.15) is 20.3 Å². The van der Waals surface area contributed by atoms with Crippen LogP contribution in [0, 0.1) is 29.0 Å². The van der Waals surface area contributed by atoms with Crippen molar-refractivity contribution >= 4 is 33.4 Å². The van der Waals surface area contributed by atoms with Crippen molar-refractivity contribution in [2.75, 3.05) is 22.7 Å². The molecule has 1 aliphatic heterocycles. The fraction of sp³-hybridized carbons (Fsp3) is 0.400. The minimum Gasteiger partial charge on any atom is -0.484 e. The molecule has 0 spiro atoms. The Morgan fingerprint density at radius 3 is 2.45 bits per heavy atom. The summed E-state index contributed by atoms with van der Waals surface area (Å²) in [5.41, 5.74) is -2.95. The molecule has 15 heteroatoms. The molecular weight excluding hydrogens is 560 g/mol. The van der Waals surface area contributed by atoms with Crippen molar-refractivity contribution in [3.05, 3.63) is 48.3 Å². The number of sulfonamides is 1. The van der Waals surface area contributed by atoms with Crippen LogP contribution in [0.3, 0.4) is 0 Å². The van der Waals surface area contributed by atoms with Gasteiger partial charge in [-0.3, -0.25) is 14.4 Å². The molecule has 2 aromatic rings. The normalized spacial score (nSPS) is 20.4. The monoisotopic (exact) mass is 584 g/mol. The van der Waals surface area contributed by atoms with E-state index < -0.39 is 45.7 Å². The third-order valence-electron chi connectivity index (χ3n) is 6.37. The van der Waals surface area contributed by atoms with Crippen molar-refractivity contribution < 1.29 is 45.0 Å². The topological polar surface area (TPSA) is 138 Å². The Balaban J connectivity index is 1.60. The first-order valence-corrected chi connectivity index (χ1v) is 13.4. The average molecular weight is 585 g/mol. The van der Waals surface area contributed by atoms with Gasteiger partial charge in [0, 0.05) is 5.69 Å². The number of nitrogens with zero attached hydrogens (tertiary/aromatic N) is 2.